The Hall–Kier alpha value is -0.830. The highest BCUT2D eigenvalue weighted by atomic mass is 35.5. The Morgan fingerprint density at radius 1 is 1.35 bits per heavy atom. The molecule has 0 saturated heterocycles. The Kier molecular flexibility index (Phi) is 3.87. The molecule has 3 nitrogen and oxygen atoms in total. The lowest BCUT2D eigenvalue weighted by Gasteiger charge is -2.41. The van der Waals surface area contributed by atoms with Crippen LogP contribution in [-0.2, 0) is 6.42 Å². The van der Waals surface area contributed by atoms with Gasteiger partial charge in [-0.3, -0.25) is 0 Å². The Labute approximate surface area is 108 Å². The zero-order valence-electron chi connectivity index (χ0n) is 10.6. The van der Waals surface area contributed by atoms with Gasteiger partial charge in [0.25, 0.3) is 0 Å². The summed E-state index contributed by atoms with van der Waals surface area (Å²) in [6, 6.07) is 0. The van der Waals surface area contributed by atoms with Crippen LogP contribution in [0.1, 0.15) is 45.1 Å². The molecular formula is C13H20ClN3. The van der Waals surface area contributed by atoms with Gasteiger partial charge < -0.3 is 5.32 Å². The molecule has 0 aliphatic heterocycles. The highest BCUT2D eigenvalue weighted by molar-refractivity contribution is 6.30. The second-order valence-corrected chi connectivity index (χ2v) is 5.26. The van der Waals surface area contributed by atoms with Crippen molar-refractivity contribution in [2.75, 3.05) is 11.9 Å². The zero-order chi connectivity index (χ0) is 12.3. The van der Waals surface area contributed by atoms with E-state index < -0.39 is 0 Å². The Balaban J connectivity index is 2.06. The standard InChI is InChI=1S/C13H20ClN3/c1-3-10-11(14)16-9-17-12(10)15-8-13(4-2)6-5-7-13/h9H,3-8H2,1-2H3,(H,15,16,17). The first-order valence-electron chi connectivity index (χ1n) is 6.44. The van der Waals surface area contributed by atoms with Gasteiger partial charge in [0.05, 0.1) is 0 Å². The molecule has 1 aromatic heterocycles. The van der Waals surface area contributed by atoms with E-state index in [0.29, 0.717) is 10.6 Å². The fourth-order valence-corrected chi connectivity index (χ4v) is 2.73. The molecule has 1 fully saturated rings. The van der Waals surface area contributed by atoms with E-state index in [1.165, 1.54) is 32.0 Å². The summed E-state index contributed by atoms with van der Waals surface area (Å²) in [5.41, 5.74) is 1.52. The van der Waals surface area contributed by atoms with Gasteiger partial charge in [0.1, 0.15) is 17.3 Å². The maximum Gasteiger partial charge on any atom is 0.137 e. The van der Waals surface area contributed by atoms with E-state index in [2.05, 4.69) is 29.1 Å². The molecule has 0 amide bonds. The van der Waals surface area contributed by atoms with Crippen molar-refractivity contribution in [1.29, 1.82) is 0 Å². The maximum atomic E-state index is 6.07. The van der Waals surface area contributed by atoms with E-state index in [4.69, 9.17) is 11.6 Å². The Bertz CT molecular complexity index is 383. The lowest BCUT2D eigenvalue weighted by Crippen LogP contribution is -2.36. The third-order valence-electron chi connectivity index (χ3n) is 4.04. The molecule has 2 rings (SSSR count). The summed E-state index contributed by atoms with van der Waals surface area (Å²) >= 11 is 6.07. The van der Waals surface area contributed by atoms with Gasteiger partial charge in [-0.25, -0.2) is 9.97 Å². The number of halogens is 1. The Morgan fingerprint density at radius 2 is 2.12 bits per heavy atom. The van der Waals surface area contributed by atoms with Crippen LogP contribution in [0.3, 0.4) is 0 Å². The third kappa shape index (κ3) is 2.54. The molecule has 0 unspecified atom stereocenters. The fourth-order valence-electron chi connectivity index (χ4n) is 2.46. The second-order valence-electron chi connectivity index (χ2n) is 4.91. The van der Waals surface area contributed by atoms with E-state index in [9.17, 15) is 0 Å². The average Bonchev–Trinajstić information content (AvgIpc) is 2.28. The predicted molar refractivity (Wildman–Crippen MR) is 71.5 cm³/mol. The number of anilines is 1. The zero-order valence-corrected chi connectivity index (χ0v) is 11.3. The molecule has 1 aliphatic rings. The first kappa shape index (κ1) is 12.6. The van der Waals surface area contributed by atoms with Crippen LogP contribution in [-0.4, -0.2) is 16.5 Å². The monoisotopic (exact) mass is 253 g/mol. The van der Waals surface area contributed by atoms with Crippen LogP contribution in [0.15, 0.2) is 6.33 Å². The summed E-state index contributed by atoms with van der Waals surface area (Å²) in [5, 5.41) is 4.04. The smallest absolute Gasteiger partial charge is 0.137 e. The van der Waals surface area contributed by atoms with Gasteiger partial charge in [-0.15, -0.1) is 0 Å². The molecule has 0 spiro atoms. The van der Waals surface area contributed by atoms with Gasteiger partial charge in [-0.2, -0.15) is 0 Å². The summed E-state index contributed by atoms with van der Waals surface area (Å²) in [6.45, 7) is 5.35. The first-order valence-corrected chi connectivity index (χ1v) is 6.82. The molecule has 1 aliphatic carbocycles. The molecule has 1 heterocycles. The van der Waals surface area contributed by atoms with E-state index >= 15 is 0 Å². The normalized spacial score (nSPS) is 17.6. The van der Waals surface area contributed by atoms with Crippen LogP contribution in [0.25, 0.3) is 0 Å². The van der Waals surface area contributed by atoms with Crippen molar-refractivity contribution >= 4 is 17.4 Å². The molecule has 94 valence electrons. The van der Waals surface area contributed by atoms with Gasteiger partial charge in [0.15, 0.2) is 0 Å². The van der Waals surface area contributed by atoms with Gasteiger partial charge in [-0.1, -0.05) is 31.9 Å². The van der Waals surface area contributed by atoms with Crippen molar-refractivity contribution in [3.8, 4) is 0 Å². The molecular weight excluding hydrogens is 234 g/mol. The number of nitrogens with zero attached hydrogens (tertiary/aromatic N) is 2. The topological polar surface area (TPSA) is 37.8 Å². The molecule has 0 bridgehead atoms. The van der Waals surface area contributed by atoms with Gasteiger partial charge in [0.2, 0.25) is 0 Å². The Morgan fingerprint density at radius 3 is 2.65 bits per heavy atom. The van der Waals surface area contributed by atoms with E-state index in [1.807, 2.05) is 0 Å². The quantitative estimate of drug-likeness (QED) is 0.814. The van der Waals surface area contributed by atoms with Crippen molar-refractivity contribution in [1.82, 2.24) is 9.97 Å². The average molecular weight is 254 g/mol. The number of nitrogens with one attached hydrogen (secondary N) is 1. The van der Waals surface area contributed by atoms with Crippen molar-refractivity contribution in [2.45, 2.75) is 46.0 Å². The number of hydrogen-bond donors (Lipinski definition) is 1. The molecule has 17 heavy (non-hydrogen) atoms. The maximum absolute atomic E-state index is 6.07. The number of aromatic nitrogens is 2. The van der Waals surface area contributed by atoms with E-state index in [-0.39, 0.29) is 0 Å². The first-order chi connectivity index (χ1) is 8.21. The molecule has 4 heteroatoms. The fraction of sp³-hybridized carbons (Fsp3) is 0.692. The SMILES string of the molecule is CCc1c(Cl)ncnc1NCC1(CC)CCC1. The minimum atomic E-state index is 0.489. The largest absolute Gasteiger partial charge is 0.369 e. The summed E-state index contributed by atoms with van der Waals surface area (Å²) in [7, 11) is 0. The van der Waals surface area contributed by atoms with Crippen LogP contribution in [0, 0.1) is 5.41 Å². The summed E-state index contributed by atoms with van der Waals surface area (Å²) in [6.07, 6.45) is 7.65. The van der Waals surface area contributed by atoms with Crippen LogP contribution in [0.2, 0.25) is 5.15 Å². The van der Waals surface area contributed by atoms with Gasteiger partial charge in [0, 0.05) is 12.1 Å². The lowest BCUT2D eigenvalue weighted by molar-refractivity contribution is 0.145. The van der Waals surface area contributed by atoms with Crippen molar-refractivity contribution in [3.63, 3.8) is 0 Å². The molecule has 1 N–H and O–H groups in total. The third-order valence-corrected chi connectivity index (χ3v) is 4.37. The number of rotatable bonds is 5. The molecule has 0 atom stereocenters. The highest BCUT2D eigenvalue weighted by Crippen LogP contribution is 2.43. The van der Waals surface area contributed by atoms with Gasteiger partial charge >= 0.3 is 0 Å². The van der Waals surface area contributed by atoms with Crippen molar-refractivity contribution in [3.05, 3.63) is 17.0 Å². The van der Waals surface area contributed by atoms with E-state index in [0.717, 1.165) is 24.3 Å². The highest BCUT2D eigenvalue weighted by Gasteiger charge is 2.34. The summed E-state index contributed by atoms with van der Waals surface area (Å²) in [5.74, 6) is 0.909. The predicted octanol–water partition coefficient (Wildman–Crippen LogP) is 3.68. The molecule has 0 aromatic carbocycles. The van der Waals surface area contributed by atoms with Crippen molar-refractivity contribution < 1.29 is 0 Å². The van der Waals surface area contributed by atoms with Crippen LogP contribution >= 0.6 is 11.6 Å². The second kappa shape index (κ2) is 5.21. The lowest BCUT2D eigenvalue weighted by atomic mass is 9.67. The van der Waals surface area contributed by atoms with Crippen LogP contribution in [0.5, 0.6) is 0 Å². The summed E-state index contributed by atoms with van der Waals surface area (Å²) < 4.78 is 0. The van der Waals surface area contributed by atoms with E-state index in [1.54, 1.807) is 0 Å². The minimum Gasteiger partial charge on any atom is -0.369 e. The van der Waals surface area contributed by atoms with Crippen LogP contribution < -0.4 is 5.32 Å². The molecule has 1 saturated carbocycles. The van der Waals surface area contributed by atoms with Gasteiger partial charge in [-0.05, 0) is 31.1 Å². The van der Waals surface area contributed by atoms with Crippen LogP contribution in [0.4, 0.5) is 5.82 Å². The molecule has 0 radical (unpaired) electrons. The van der Waals surface area contributed by atoms with Crippen molar-refractivity contribution in [2.24, 2.45) is 5.41 Å². The number of hydrogen-bond acceptors (Lipinski definition) is 3. The molecule has 1 aromatic rings. The summed E-state index contributed by atoms with van der Waals surface area (Å²) in [4.78, 5) is 8.32. The minimum absolute atomic E-state index is 0.489.